The molecule has 3 aromatic carbocycles. The SMILES string of the molecule is CC1=NN(c2c(F)c(F)c(F)c(F)c2F)C(=O)/C1=C/c1cc(Br)c(OCc2ccc(F)cc2)c(Br)c1. The first-order valence-electron chi connectivity index (χ1n) is 9.99. The lowest BCUT2D eigenvalue weighted by Crippen LogP contribution is -2.25. The first-order valence-corrected chi connectivity index (χ1v) is 11.6. The van der Waals surface area contributed by atoms with Gasteiger partial charge in [0.25, 0.3) is 5.91 Å². The summed E-state index contributed by atoms with van der Waals surface area (Å²) < 4.78 is 88.9. The summed E-state index contributed by atoms with van der Waals surface area (Å²) in [4.78, 5) is 12.8. The fourth-order valence-electron chi connectivity index (χ4n) is 3.32. The molecule has 0 spiro atoms. The summed E-state index contributed by atoms with van der Waals surface area (Å²) in [6, 6.07) is 8.91. The van der Waals surface area contributed by atoms with Gasteiger partial charge in [-0.3, -0.25) is 4.79 Å². The number of hydrogen-bond acceptors (Lipinski definition) is 3. The number of hydrogen-bond donors (Lipinski definition) is 0. The number of anilines is 1. The van der Waals surface area contributed by atoms with Gasteiger partial charge < -0.3 is 4.74 Å². The number of amides is 1. The van der Waals surface area contributed by atoms with Crippen molar-refractivity contribution in [1.82, 2.24) is 0 Å². The van der Waals surface area contributed by atoms with Crippen molar-refractivity contribution in [3.63, 3.8) is 0 Å². The van der Waals surface area contributed by atoms with Crippen LogP contribution in [0.25, 0.3) is 6.08 Å². The van der Waals surface area contributed by atoms with Gasteiger partial charge in [-0.2, -0.15) is 10.1 Å². The minimum atomic E-state index is -2.34. The summed E-state index contributed by atoms with van der Waals surface area (Å²) in [6.45, 7) is 1.49. The number of halogens is 8. The van der Waals surface area contributed by atoms with E-state index in [9.17, 15) is 31.1 Å². The Morgan fingerprint density at radius 3 is 1.97 bits per heavy atom. The molecule has 0 aromatic heterocycles. The Balaban J connectivity index is 1.62. The predicted octanol–water partition coefficient (Wildman–Crippen LogP) is 7.43. The third kappa shape index (κ3) is 4.79. The van der Waals surface area contributed by atoms with Crippen LogP contribution in [0.4, 0.5) is 32.0 Å². The van der Waals surface area contributed by atoms with Crippen molar-refractivity contribution in [1.29, 1.82) is 0 Å². The Kier molecular flexibility index (Phi) is 7.28. The second-order valence-corrected chi connectivity index (χ2v) is 9.22. The van der Waals surface area contributed by atoms with Crippen LogP contribution in [0.1, 0.15) is 18.1 Å². The van der Waals surface area contributed by atoms with E-state index in [4.69, 9.17) is 4.74 Å². The van der Waals surface area contributed by atoms with Crippen molar-refractivity contribution < 1.29 is 35.9 Å². The van der Waals surface area contributed by atoms with Gasteiger partial charge in [-0.05, 0) is 80.3 Å². The van der Waals surface area contributed by atoms with E-state index in [1.165, 1.54) is 25.1 Å². The van der Waals surface area contributed by atoms with Crippen LogP contribution in [0.15, 0.2) is 56.0 Å². The number of carbonyl (C=O) groups excluding carboxylic acids is 1. The molecule has 4 rings (SSSR count). The molecule has 0 saturated heterocycles. The quantitative estimate of drug-likeness (QED) is 0.127. The van der Waals surface area contributed by atoms with Crippen molar-refractivity contribution in [2.24, 2.45) is 5.10 Å². The van der Waals surface area contributed by atoms with Crippen molar-refractivity contribution in [3.05, 3.63) is 96.9 Å². The van der Waals surface area contributed by atoms with E-state index in [-0.39, 0.29) is 28.7 Å². The summed E-state index contributed by atoms with van der Waals surface area (Å²) in [5, 5.41) is 3.84. The van der Waals surface area contributed by atoms with Crippen LogP contribution < -0.4 is 9.75 Å². The number of benzene rings is 3. The highest BCUT2D eigenvalue weighted by molar-refractivity contribution is 9.11. The third-order valence-electron chi connectivity index (χ3n) is 5.09. The molecule has 0 atom stereocenters. The zero-order valence-electron chi connectivity index (χ0n) is 18.0. The van der Waals surface area contributed by atoms with E-state index in [1.807, 2.05) is 0 Å². The van der Waals surface area contributed by atoms with Crippen LogP contribution in [-0.4, -0.2) is 11.6 Å². The zero-order valence-corrected chi connectivity index (χ0v) is 21.2. The molecule has 1 heterocycles. The third-order valence-corrected chi connectivity index (χ3v) is 6.27. The second kappa shape index (κ2) is 10.1. The minimum absolute atomic E-state index is 0.00665. The second-order valence-electron chi connectivity index (χ2n) is 7.51. The molecule has 0 fully saturated rings. The predicted molar refractivity (Wildman–Crippen MR) is 127 cm³/mol. The molecule has 0 unspecified atom stereocenters. The molecular weight excluding hydrogens is 622 g/mol. The maximum absolute atomic E-state index is 14.2. The van der Waals surface area contributed by atoms with E-state index in [2.05, 4.69) is 37.0 Å². The summed E-state index contributed by atoms with van der Waals surface area (Å²) in [5.41, 5.74) is -0.449. The average molecular weight is 634 g/mol. The largest absolute Gasteiger partial charge is 0.487 e. The number of carbonyl (C=O) groups is 1. The van der Waals surface area contributed by atoms with E-state index in [0.29, 0.717) is 20.3 Å². The Hall–Kier alpha value is -3.12. The van der Waals surface area contributed by atoms with Crippen LogP contribution in [0, 0.1) is 34.9 Å². The highest BCUT2D eigenvalue weighted by Gasteiger charge is 2.37. The van der Waals surface area contributed by atoms with Crippen LogP contribution in [0.2, 0.25) is 0 Å². The molecule has 1 aliphatic rings. The molecule has 12 heteroatoms. The van der Waals surface area contributed by atoms with Gasteiger partial charge in [-0.25, -0.2) is 26.3 Å². The van der Waals surface area contributed by atoms with Gasteiger partial charge in [-0.1, -0.05) is 12.1 Å². The lowest BCUT2D eigenvalue weighted by Gasteiger charge is -2.15. The van der Waals surface area contributed by atoms with E-state index < -0.39 is 40.7 Å². The molecule has 1 aliphatic heterocycles. The molecule has 0 N–H and O–H groups in total. The fourth-order valence-corrected chi connectivity index (χ4v) is 4.77. The van der Waals surface area contributed by atoms with Crippen LogP contribution in [-0.2, 0) is 11.4 Å². The molecular formula is C24H12Br2F6N2O2. The first-order chi connectivity index (χ1) is 17.0. The molecule has 0 radical (unpaired) electrons. The van der Waals surface area contributed by atoms with Gasteiger partial charge in [0, 0.05) is 0 Å². The van der Waals surface area contributed by atoms with Crippen molar-refractivity contribution >= 4 is 55.2 Å². The smallest absolute Gasteiger partial charge is 0.280 e. The Bertz CT molecular complexity index is 1410. The fraction of sp³-hybridized carbons (Fsp3) is 0.0833. The minimum Gasteiger partial charge on any atom is -0.487 e. The summed E-state index contributed by atoms with van der Waals surface area (Å²) in [5.74, 6) is -12.1. The molecule has 1 amide bonds. The van der Waals surface area contributed by atoms with Crippen LogP contribution in [0.5, 0.6) is 5.75 Å². The standard InChI is InChI=1S/C24H12Br2F6N2O2/c1-10-14(24(35)34(33-10)22-20(31)18(29)17(28)19(30)21(22)32)6-12-7-15(25)23(16(26)8-12)36-9-11-2-4-13(27)5-3-11/h2-8H,9H2,1H3/b14-6+. The monoisotopic (exact) mass is 632 g/mol. The molecule has 3 aromatic rings. The topological polar surface area (TPSA) is 41.9 Å². The van der Waals surface area contributed by atoms with Crippen LogP contribution >= 0.6 is 31.9 Å². The summed E-state index contributed by atoms with van der Waals surface area (Å²) in [6.07, 6.45) is 1.34. The highest BCUT2D eigenvalue weighted by Crippen LogP contribution is 2.37. The average Bonchev–Trinajstić information content (AvgIpc) is 3.10. The summed E-state index contributed by atoms with van der Waals surface area (Å²) in [7, 11) is 0. The van der Waals surface area contributed by atoms with E-state index >= 15 is 0 Å². The number of hydrazone groups is 1. The summed E-state index contributed by atoms with van der Waals surface area (Å²) >= 11 is 6.73. The van der Waals surface area contributed by atoms with E-state index in [1.54, 1.807) is 24.3 Å². The molecule has 4 nitrogen and oxygen atoms in total. The van der Waals surface area contributed by atoms with Crippen LogP contribution in [0.3, 0.4) is 0 Å². The maximum Gasteiger partial charge on any atom is 0.280 e. The molecule has 0 aliphatic carbocycles. The Morgan fingerprint density at radius 1 is 0.889 bits per heavy atom. The normalized spacial score (nSPS) is 14.6. The first kappa shape index (κ1) is 26.0. The van der Waals surface area contributed by atoms with Gasteiger partial charge in [0.2, 0.25) is 5.82 Å². The number of nitrogens with zero attached hydrogens (tertiary/aromatic N) is 2. The molecule has 0 saturated carbocycles. The Morgan fingerprint density at radius 2 is 1.42 bits per heavy atom. The van der Waals surface area contributed by atoms with Gasteiger partial charge in [0.15, 0.2) is 23.3 Å². The lowest BCUT2D eigenvalue weighted by atomic mass is 10.1. The van der Waals surface area contributed by atoms with Crippen molar-refractivity contribution in [2.75, 3.05) is 5.01 Å². The maximum atomic E-state index is 14.2. The molecule has 0 bridgehead atoms. The van der Waals surface area contributed by atoms with E-state index in [0.717, 1.165) is 5.56 Å². The van der Waals surface area contributed by atoms with Gasteiger partial charge >= 0.3 is 0 Å². The molecule has 36 heavy (non-hydrogen) atoms. The van der Waals surface area contributed by atoms with Gasteiger partial charge in [0.1, 0.15) is 23.9 Å². The van der Waals surface area contributed by atoms with Crippen molar-refractivity contribution in [3.8, 4) is 5.75 Å². The van der Waals surface area contributed by atoms with Gasteiger partial charge in [0.05, 0.1) is 20.2 Å². The van der Waals surface area contributed by atoms with Crippen molar-refractivity contribution in [2.45, 2.75) is 13.5 Å². The molecule has 186 valence electrons. The number of rotatable bonds is 5. The highest BCUT2D eigenvalue weighted by atomic mass is 79.9. The van der Waals surface area contributed by atoms with Gasteiger partial charge in [-0.15, -0.1) is 0 Å². The number of ether oxygens (including phenoxy) is 1. The lowest BCUT2D eigenvalue weighted by molar-refractivity contribution is -0.114. The zero-order chi connectivity index (χ0) is 26.3. The Labute approximate surface area is 217 Å².